The Morgan fingerprint density at radius 3 is 2.67 bits per heavy atom. The van der Waals surface area contributed by atoms with E-state index in [1.165, 1.54) is 6.08 Å². The van der Waals surface area contributed by atoms with Gasteiger partial charge in [-0.05, 0) is 24.1 Å². The molecule has 132 valence electrons. The van der Waals surface area contributed by atoms with E-state index in [4.69, 9.17) is 32.7 Å². The second-order valence-corrected chi connectivity index (χ2v) is 7.10. The lowest BCUT2D eigenvalue weighted by Crippen LogP contribution is -2.19. The molecule has 1 saturated heterocycles. The van der Waals surface area contributed by atoms with Crippen molar-refractivity contribution in [3.8, 4) is 5.75 Å². The number of hydrogen-bond donors (Lipinski definition) is 2. The van der Waals surface area contributed by atoms with Crippen LogP contribution in [0.15, 0.2) is 30.4 Å². The Hall–Kier alpha value is -0.850. The second-order valence-electron chi connectivity index (χ2n) is 6.23. The summed E-state index contributed by atoms with van der Waals surface area (Å²) in [6.07, 6.45) is 1.11. The summed E-state index contributed by atoms with van der Waals surface area (Å²) in [6, 6.07) is 4.69. The molecule has 0 bridgehead atoms. The van der Waals surface area contributed by atoms with E-state index in [2.05, 4.69) is 0 Å². The molecule has 4 nitrogen and oxygen atoms in total. The summed E-state index contributed by atoms with van der Waals surface area (Å²) in [5.74, 6) is 0.203. The number of rotatable bonds is 5. The zero-order valence-corrected chi connectivity index (χ0v) is 14.3. The zero-order chi connectivity index (χ0) is 17.3. The van der Waals surface area contributed by atoms with Crippen molar-refractivity contribution >= 4 is 23.2 Å². The standard InChI is InChI=1S/C17H19Cl2FO4/c18-9-3-10(19)5-12(4-9)23-8-11(20)1-2-13-14-6-17(22)24-16(14)7-15(13)21/h1-5,11,13-17,21-22H,6-8H2/b2-1+/t11-,13-,14-,15-,16+,17?/m1/s1. The van der Waals surface area contributed by atoms with Crippen LogP contribution in [0.4, 0.5) is 4.39 Å². The van der Waals surface area contributed by atoms with Gasteiger partial charge in [-0.2, -0.15) is 0 Å². The van der Waals surface area contributed by atoms with Crippen LogP contribution >= 0.6 is 23.2 Å². The van der Waals surface area contributed by atoms with E-state index >= 15 is 0 Å². The van der Waals surface area contributed by atoms with Gasteiger partial charge in [-0.3, -0.25) is 0 Å². The fraction of sp³-hybridized carbons (Fsp3) is 0.529. The summed E-state index contributed by atoms with van der Waals surface area (Å²) in [5, 5.41) is 20.4. The minimum absolute atomic E-state index is 0.0195. The van der Waals surface area contributed by atoms with Crippen LogP contribution in [-0.4, -0.2) is 41.5 Å². The van der Waals surface area contributed by atoms with Crippen molar-refractivity contribution in [2.75, 3.05) is 6.61 Å². The summed E-state index contributed by atoms with van der Waals surface area (Å²) in [5.41, 5.74) is 0. The van der Waals surface area contributed by atoms with E-state index < -0.39 is 18.6 Å². The van der Waals surface area contributed by atoms with Crippen LogP contribution in [0.3, 0.4) is 0 Å². The highest BCUT2D eigenvalue weighted by Gasteiger charge is 2.47. The Kier molecular flexibility index (Phi) is 5.67. The van der Waals surface area contributed by atoms with Crippen molar-refractivity contribution in [1.82, 2.24) is 0 Å². The fourth-order valence-corrected chi connectivity index (χ4v) is 3.93. The summed E-state index contributed by atoms with van der Waals surface area (Å²) in [6.45, 7) is -0.177. The van der Waals surface area contributed by atoms with E-state index in [1.54, 1.807) is 24.3 Å². The van der Waals surface area contributed by atoms with Crippen LogP contribution in [0.25, 0.3) is 0 Å². The van der Waals surface area contributed by atoms with Gasteiger partial charge in [0.05, 0.1) is 12.2 Å². The normalized spacial score (nSPS) is 33.8. The predicted molar refractivity (Wildman–Crippen MR) is 89.1 cm³/mol. The number of aliphatic hydroxyl groups excluding tert-OH is 2. The Labute approximate surface area is 149 Å². The van der Waals surface area contributed by atoms with Gasteiger partial charge in [0.15, 0.2) is 12.5 Å². The van der Waals surface area contributed by atoms with Crippen LogP contribution in [0, 0.1) is 11.8 Å². The molecule has 3 rings (SSSR count). The first-order chi connectivity index (χ1) is 11.4. The van der Waals surface area contributed by atoms with Crippen LogP contribution in [0.1, 0.15) is 12.8 Å². The molecule has 1 heterocycles. The van der Waals surface area contributed by atoms with Crippen molar-refractivity contribution < 1.29 is 24.1 Å². The molecule has 2 N–H and O–H groups in total. The molecule has 7 heteroatoms. The number of aliphatic hydroxyl groups is 2. The molecule has 1 aromatic carbocycles. The summed E-state index contributed by atoms with van der Waals surface area (Å²) in [7, 11) is 0. The van der Waals surface area contributed by atoms with Gasteiger partial charge in [-0.1, -0.05) is 35.4 Å². The molecule has 1 aromatic rings. The maximum absolute atomic E-state index is 14.1. The van der Waals surface area contributed by atoms with E-state index in [0.717, 1.165) is 0 Å². The number of alkyl halides is 1. The molecule has 6 atom stereocenters. The quantitative estimate of drug-likeness (QED) is 0.773. The van der Waals surface area contributed by atoms with Crippen LogP contribution < -0.4 is 4.74 Å². The lowest BCUT2D eigenvalue weighted by atomic mass is 9.91. The summed E-state index contributed by atoms with van der Waals surface area (Å²) in [4.78, 5) is 0. The van der Waals surface area contributed by atoms with Crippen molar-refractivity contribution in [3.63, 3.8) is 0 Å². The highest BCUT2D eigenvalue weighted by Crippen LogP contribution is 2.43. The van der Waals surface area contributed by atoms with Gasteiger partial charge in [0, 0.05) is 28.8 Å². The molecule has 2 aliphatic rings. The number of ether oxygens (including phenoxy) is 2. The van der Waals surface area contributed by atoms with Gasteiger partial charge < -0.3 is 19.7 Å². The lowest BCUT2D eigenvalue weighted by Gasteiger charge is -2.16. The molecule has 0 amide bonds. The molecule has 0 radical (unpaired) electrons. The number of fused-ring (bicyclic) bond motifs is 1. The fourth-order valence-electron chi connectivity index (χ4n) is 3.42. The van der Waals surface area contributed by atoms with Crippen molar-refractivity contribution in [2.45, 2.75) is 37.5 Å². The highest BCUT2D eigenvalue weighted by molar-refractivity contribution is 6.34. The molecule has 0 aromatic heterocycles. The average Bonchev–Trinajstić information content (AvgIpc) is 2.97. The van der Waals surface area contributed by atoms with Crippen molar-refractivity contribution in [1.29, 1.82) is 0 Å². The lowest BCUT2D eigenvalue weighted by molar-refractivity contribution is -0.0949. The van der Waals surface area contributed by atoms with Gasteiger partial charge in [0.1, 0.15) is 12.4 Å². The Balaban J connectivity index is 1.54. The Morgan fingerprint density at radius 1 is 1.25 bits per heavy atom. The monoisotopic (exact) mass is 376 g/mol. The molecule has 2 fully saturated rings. The maximum atomic E-state index is 14.1. The van der Waals surface area contributed by atoms with Crippen molar-refractivity contribution in [3.05, 3.63) is 40.4 Å². The summed E-state index contributed by atoms with van der Waals surface area (Å²) < 4.78 is 24.7. The van der Waals surface area contributed by atoms with Gasteiger partial charge in [0.2, 0.25) is 0 Å². The molecule has 24 heavy (non-hydrogen) atoms. The third-order valence-corrected chi connectivity index (χ3v) is 4.92. The van der Waals surface area contributed by atoms with Crippen LogP contribution in [0.2, 0.25) is 10.0 Å². The third kappa shape index (κ3) is 4.21. The van der Waals surface area contributed by atoms with Gasteiger partial charge >= 0.3 is 0 Å². The van der Waals surface area contributed by atoms with Crippen LogP contribution in [0.5, 0.6) is 5.75 Å². The minimum atomic E-state index is -1.33. The van der Waals surface area contributed by atoms with E-state index in [1.807, 2.05) is 0 Å². The second kappa shape index (κ2) is 7.58. The largest absolute Gasteiger partial charge is 0.490 e. The average molecular weight is 377 g/mol. The van der Waals surface area contributed by atoms with Gasteiger partial charge in [-0.15, -0.1) is 0 Å². The highest BCUT2D eigenvalue weighted by atomic mass is 35.5. The first-order valence-corrected chi connectivity index (χ1v) is 8.61. The number of benzene rings is 1. The SMILES string of the molecule is OC1C[C@@H]2[C@@H](/C=C/[C@@H](F)COc3cc(Cl)cc(Cl)c3)[C@H](O)C[C@@H]2O1. The predicted octanol–water partition coefficient (Wildman–Crippen LogP) is 3.37. The first-order valence-electron chi connectivity index (χ1n) is 7.85. The molecule has 0 spiro atoms. The molecule has 1 unspecified atom stereocenters. The van der Waals surface area contributed by atoms with E-state index in [0.29, 0.717) is 28.6 Å². The van der Waals surface area contributed by atoms with E-state index in [9.17, 15) is 14.6 Å². The molecular formula is C17H19Cl2FO4. The molecule has 1 aliphatic heterocycles. The first kappa shape index (κ1) is 18.0. The molecular weight excluding hydrogens is 358 g/mol. The van der Waals surface area contributed by atoms with Crippen molar-refractivity contribution in [2.24, 2.45) is 11.8 Å². The van der Waals surface area contributed by atoms with E-state index in [-0.39, 0.29) is 24.5 Å². The maximum Gasteiger partial charge on any atom is 0.155 e. The summed E-state index contributed by atoms with van der Waals surface area (Å²) >= 11 is 11.7. The smallest absolute Gasteiger partial charge is 0.155 e. The minimum Gasteiger partial charge on any atom is -0.490 e. The number of hydrogen-bond acceptors (Lipinski definition) is 4. The Morgan fingerprint density at radius 2 is 1.96 bits per heavy atom. The topological polar surface area (TPSA) is 58.9 Å². The number of halogens is 3. The third-order valence-electron chi connectivity index (χ3n) is 4.48. The zero-order valence-electron chi connectivity index (χ0n) is 12.8. The van der Waals surface area contributed by atoms with Crippen LogP contribution in [-0.2, 0) is 4.74 Å². The Bertz CT molecular complexity index is 592. The molecule has 1 aliphatic carbocycles. The molecule has 1 saturated carbocycles. The van der Waals surface area contributed by atoms with Gasteiger partial charge in [-0.25, -0.2) is 4.39 Å². The van der Waals surface area contributed by atoms with Gasteiger partial charge in [0.25, 0.3) is 0 Å².